The maximum absolute atomic E-state index is 11.9. The number of rotatable bonds is 6. The second kappa shape index (κ2) is 8.34. The van der Waals surface area contributed by atoms with Gasteiger partial charge < -0.3 is 10.6 Å². The van der Waals surface area contributed by atoms with Crippen LogP contribution in [0.2, 0.25) is 5.02 Å². The molecule has 0 saturated carbocycles. The molecule has 0 aromatic heterocycles. The fourth-order valence-corrected chi connectivity index (χ4v) is 2.21. The lowest BCUT2D eigenvalue weighted by atomic mass is 10.1. The second-order valence-electron chi connectivity index (χ2n) is 5.22. The van der Waals surface area contributed by atoms with E-state index in [1.807, 2.05) is 31.2 Å². The van der Waals surface area contributed by atoms with E-state index in [-0.39, 0.29) is 18.2 Å². The van der Waals surface area contributed by atoms with Crippen LogP contribution in [-0.4, -0.2) is 18.4 Å². The predicted octanol–water partition coefficient (Wildman–Crippen LogP) is 3.08. The molecule has 2 rings (SSSR count). The van der Waals surface area contributed by atoms with Gasteiger partial charge >= 0.3 is 0 Å². The quantitative estimate of drug-likeness (QED) is 0.855. The number of hydrogen-bond acceptors (Lipinski definition) is 2. The van der Waals surface area contributed by atoms with Crippen LogP contribution in [0.3, 0.4) is 0 Å². The van der Waals surface area contributed by atoms with Crippen molar-refractivity contribution in [2.75, 3.05) is 6.54 Å². The highest BCUT2D eigenvalue weighted by Gasteiger charge is 2.07. The van der Waals surface area contributed by atoms with E-state index < -0.39 is 0 Å². The van der Waals surface area contributed by atoms with Crippen LogP contribution >= 0.6 is 11.6 Å². The summed E-state index contributed by atoms with van der Waals surface area (Å²) in [6.07, 6.45) is 0.241. The first-order valence-electron chi connectivity index (χ1n) is 7.41. The molecule has 0 unspecified atom stereocenters. The van der Waals surface area contributed by atoms with E-state index in [2.05, 4.69) is 10.6 Å². The first kappa shape index (κ1) is 17.0. The molecule has 2 amide bonds. The zero-order valence-corrected chi connectivity index (χ0v) is 13.7. The molecular formula is C18H19ClN2O2. The van der Waals surface area contributed by atoms with E-state index >= 15 is 0 Å². The fraction of sp³-hybridized carbons (Fsp3) is 0.222. The number of amides is 2. The minimum absolute atomic E-state index is 0.0929. The van der Waals surface area contributed by atoms with Crippen molar-refractivity contribution in [3.63, 3.8) is 0 Å². The van der Waals surface area contributed by atoms with Crippen molar-refractivity contribution in [3.05, 3.63) is 70.2 Å². The lowest BCUT2D eigenvalue weighted by Crippen LogP contribution is -2.30. The molecule has 0 aliphatic carbocycles. The van der Waals surface area contributed by atoms with Crippen LogP contribution in [0.4, 0.5) is 0 Å². The number of carbonyl (C=O) groups is 2. The highest BCUT2D eigenvalue weighted by Crippen LogP contribution is 2.09. The van der Waals surface area contributed by atoms with Crippen LogP contribution < -0.4 is 10.6 Å². The zero-order chi connectivity index (χ0) is 16.7. The summed E-state index contributed by atoms with van der Waals surface area (Å²) in [6.45, 7) is 2.80. The summed E-state index contributed by atoms with van der Waals surface area (Å²) in [6, 6.07) is 14.5. The third-order valence-corrected chi connectivity index (χ3v) is 3.73. The molecule has 2 aromatic carbocycles. The summed E-state index contributed by atoms with van der Waals surface area (Å²) in [5.74, 6) is -0.307. The Labute approximate surface area is 140 Å². The lowest BCUT2D eigenvalue weighted by molar-refractivity contribution is -0.121. The number of halogens is 1. The summed E-state index contributed by atoms with van der Waals surface area (Å²) in [5, 5.41) is 6.15. The van der Waals surface area contributed by atoms with Crippen LogP contribution in [0.5, 0.6) is 0 Å². The van der Waals surface area contributed by atoms with E-state index in [0.29, 0.717) is 23.7 Å². The molecule has 5 heteroatoms. The van der Waals surface area contributed by atoms with Crippen molar-refractivity contribution < 1.29 is 9.59 Å². The van der Waals surface area contributed by atoms with Crippen LogP contribution in [0.15, 0.2) is 48.5 Å². The van der Waals surface area contributed by atoms with Crippen molar-refractivity contribution >= 4 is 23.4 Å². The van der Waals surface area contributed by atoms with Crippen molar-refractivity contribution in [2.24, 2.45) is 0 Å². The largest absolute Gasteiger partial charge is 0.352 e. The molecule has 120 valence electrons. The molecule has 0 aliphatic rings. The molecule has 2 aromatic rings. The molecule has 0 saturated heterocycles. The highest BCUT2D eigenvalue weighted by molar-refractivity contribution is 6.30. The van der Waals surface area contributed by atoms with Crippen molar-refractivity contribution in [2.45, 2.75) is 19.9 Å². The van der Waals surface area contributed by atoms with Gasteiger partial charge in [-0.15, -0.1) is 0 Å². The van der Waals surface area contributed by atoms with E-state index in [4.69, 9.17) is 11.6 Å². The average molecular weight is 331 g/mol. The van der Waals surface area contributed by atoms with Crippen LogP contribution in [0.1, 0.15) is 27.9 Å². The molecule has 0 atom stereocenters. The third kappa shape index (κ3) is 5.42. The first-order valence-corrected chi connectivity index (χ1v) is 7.79. The summed E-state index contributed by atoms with van der Waals surface area (Å²) in [7, 11) is 0. The average Bonchev–Trinajstić information content (AvgIpc) is 2.54. The van der Waals surface area contributed by atoms with Gasteiger partial charge in [0, 0.05) is 30.1 Å². The third-order valence-electron chi connectivity index (χ3n) is 3.48. The van der Waals surface area contributed by atoms with Crippen LogP contribution in [0, 0.1) is 6.92 Å². The Morgan fingerprint density at radius 3 is 2.39 bits per heavy atom. The predicted molar refractivity (Wildman–Crippen MR) is 91.4 cm³/mol. The molecule has 23 heavy (non-hydrogen) atoms. The molecule has 0 spiro atoms. The minimum Gasteiger partial charge on any atom is -0.352 e. The zero-order valence-electron chi connectivity index (χ0n) is 12.9. The summed E-state index contributed by atoms with van der Waals surface area (Å²) in [5.41, 5.74) is 2.75. The first-order chi connectivity index (χ1) is 11.1. The van der Waals surface area contributed by atoms with Crippen molar-refractivity contribution in [3.8, 4) is 0 Å². The van der Waals surface area contributed by atoms with Gasteiger partial charge in [-0.05, 0) is 42.3 Å². The summed E-state index contributed by atoms with van der Waals surface area (Å²) < 4.78 is 0. The van der Waals surface area contributed by atoms with E-state index in [9.17, 15) is 9.59 Å². The normalized spacial score (nSPS) is 10.2. The van der Waals surface area contributed by atoms with Gasteiger partial charge in [-0.3, -0.25) is 9.59 Å². The van der Waals surface area contributed by atoms with Gasteiger partial charge in [0.25, 0.3) is 5.91 Å². The monoisotopic (exact) mass is 330 g/mol. The maximum atomic E-state index is 11.9. The Hall–Kier alpha value is -2.33. The summed E-state index contributed by atoms with van der Waals surface area (Å²) >= 11 is 5.77. The standard InChI is InChI=1S/C18H19ClN2O2/c1-13-4-2-3-5-15(13)12-21-17(22)10-11-20-18(23)14-6-8-16(19)9-7-14/h2-9H,10-12H2,1H3,(H,20,23)(H,21,22). The lowest BCUT2D eigenvalue weighted by Gasteiger charge is -2.08. The molecule has 0 fully saturated rings. The molecule has 2 N–H and O–H groups in total. The van der Waals surface area contributed by atoms with Gasteiger partial charge in [-0.1, -0.05) is 35.9 Å². The van der Waals surface area contributed by atoms with Gasteiger partial charge in [-0.25, -0.2) is 0 Å². The van der Waals surface area contributed by atoms with E-state index in [0.717, 1.165) is 11.1 Å². The number of hydrogen-bond donors (Lipinski definition) is 2. The van der Waals surface area contributed by atoms with Gasteiger partial charge in [0.15, 0.2) is 0 Å². The van der Waals surface area contributed by atoms with Gasteiger partial charge in [0.2, 0.25) is 5.91 Å². The Bertz CT molecular complexity index is 684. The number of benzene rings is 2. The molecule has 0 radical (unpaired) electrons. The van der Waals surface area contributed by atoms with Crippen molar-refractivity contribution in [1.82, 2.24) is 10.6 Å². The van der Waals surface area contributed by atoms with Gasteiger partial charge in [0.1, 0.15) is 0 Å². The topological polar surface area (TPSA) is 58.2 Å². The molecule has 0 bridgehead atoms. The van der Waals surface area contributed by atoms with Crippen LogP contribution in [-0.2, 0) is 11.3 Å². The second-order valence-corrected chi connectivity index (χ2v) is 5.65. The van der Waals surface area contributed by atoms with E-state index in [1.54, 1.807) is 24.3 Å². The molecule has 0 heterocycles. The van der Waals surface area contributed by atoms with Gasteiger partial charge in [-0.2, -0.15) is 0 Å². The molecular weight excluding hydrogens is 312 g/mol. The fourth-order valence-electron chi connectivity index (χ4n) is 2.08. The Kier molecular flexibility index (Phi) is 6.18. The van der Waals surface area contributed by atoms with E-state index in [1.165, 1.54) is 0 Å². The maximum Gasteiger partial charge on any atom is 0.251 e. The number of aryl methyl sites for hydroxylation is 1. The Morgan fingerprint density at radius 1 is 1.00 bits per heavy atom. The highest BCUT2D eigenvalue weighted by atomic mass is 35.5. The number of nitrogens with one attached hydrogen (secondary N) is 2. The van der Waals surface area contributed by atoms with Crippen LogP contribution in [0.25, 0.3) is 0 Å². The number of carbonyl (C=O) groups excluding carboxylic acids is 2. The SMILES string of the molecule is Cc1ccccc1CNC(=O)CCNC(=O)c1ccc(Cl)cc1. The molecule has 0 aliphatic heterocycles. The molecule has 4 nitrogen and oxygen atoms in total. The summed E-state index contributed by atoms with van der Waals surface area (Å²) in [4.78, 5) is 23.7. The Morgan fingerprint density at radius 2 is 1.70 bits per heavy atom. The van der Waals surface area contributed by atoms with Gasteiger partial charge in [0.05, 0.1) is 0 Å². The smallest absolute Gasteiger partial charge is 0.251 e. The van der Waals surface area contributed by atoms with Crippen molar-refractivity contribution in [1.29, 1.82) is 0 Å². The minimum atomic E-state index is -0.214. The Balaban J connectivity index is 1.71.